The molecular formula is C20H41BrNOP. The van der Waals surface area contributed by atoms with Gasteiger partial charge >= 0.3 is 0 Å². The molecule has 1 saturated heterocycles. The summed E-state index contributed by atoms with van der Waals surface area (Å²) in [6, 6.07) is 0. The monoisotopic (exact) mass is 421 g/mol. The predicted octanol–water partition coefficient (Wildman–Crippen LogP) is 7.16. The second-order valence-corrected chi connectivity index (χ2v) is 10.5. The van der Waals surface area contributed by atoms with Crippen LogP contribution in [-0.2, 0) is 4.52 Å². The van der Waals surface area contributed by atoms with Crippen LogP contribution in [0.25, 0.3) is 0 Å². The zero-order chi connectivity index (χ0) is 17.3. The third-order valence-electron chi connectivity index (χ3n) is 4.94. The topological polar surface area (TPSA) is 21.3 Å². The number of halogens is 1. The molecule has 1 aliphatic rings. The molecule has 0 aromatic heterocycles. The Labute approximate surface area is 161 Å². The van der Waals surface area contributed by atoms with E-state index in [1.807, 2.05) is 0 Å². The Balaban J connectivity index is 1.80. The fourth-order valence-corrected chi connectivity index (χ4v) is 4.67. The van der Waals surface area contributed by atoms with Crippen molar-refractivity contribution < 1.29 is 4.52 Å². The minimum atomic E-state index is 0.441. The SMILES string of the molecule is CCCCCCCCCCCCCCCC1CNCCC(Br)PO1. The summed E-state index contributed by atoms with van der Waals surface area (Å²) in [7, 11) is 0.632. The lowest BCUT2D eigenvalue weighted by Gasteiger charge is -2.23. The number of hydrogen-bond acceptors (Lipinski definition) is 2. The molecule has 3 unspecified atom stereocenters. The summed E-state index contributed by atoms with van der Waals surface area (Å²) < 4.78 is 6.58. The zero-order valence-electron chi connectivity index (χ0n) is 16.0. The van der Waals surface area contributed by atoms with Crippen LogP contribution in [0.1, 0.15) is 103 Å². The van der Waals surface area contributed by atoms with Crippen LogP contribution in [0.15, 0.2) is 0 Å². The highest BCUT2D eigenvalue weighted by molar-refractivity contribution is 9.10. The third kappa shape index (κ3) is 14.0. The van der Waals surface area contributed by atoms with Crippen LogP contribution < -0.4 is 5.32 Å². The third-order valence-corrected chi connectivity index (χ3v) is 6.97. The molecule has 0 bridgehead atoms. The molecule has 1 fully saturated rings. The average Bonchev–Trinajstić information content (AvgIpc) is 2.57. The van der Waals surface area contributed by atoms with Crippen LogP contribution in [0.3, 0.4) is 0 Å². The molecule has 0 saturated carbocycles. The fourth-order valence-electron chi connectivity index (χ4n) is 3.31. The van der Waals surface area contributed by atoms with Crippen LogP contribution in [0.5, 0.6) is 0 Å². The normalized spacial score (nSPS) is 23.2. The van der Waals surface area contributed by atoms with E-state index in [1.54, 1.807) is 0 Å². The number of alkyl halides is 1. The molecule has 4 heteroatoms. The lowest BCUT2D eigenvalue weighted by molar-refractivity contribution is 0.205. The van der Waals surface area contributed by atoms with E-state index < -0.39 is 0 Å². The number of rotatable bonds is 14. The first-order valence-corrected chi connectivity index (χ1v) is 12.5. The van der Waals surface area contributed by atoms with Gasteiger partial charge in [0.2, 0.25) is 0 Å². The Morgan fingerprint density at radius 3 is 2.00 bits per heavy atom. The molecule has 3 atom stereocenters. The van der Waals surface area contributed by atoms with Crippen molar-refractivity contribution in [3.8, 4) is 0 Å². The van der Waals surface area contributed by atoms with Crippen molar-refractivity contribution in [3.63, 3.8) is 0 Å². The summed E-state index contributed by atoms with van der Waals surface area (Å²) in [5, 5.41) is 3.51. The molecule has 0 radical (unpaired) electrons. The summed E-state index contributed by atoms with van der Waals surface area (Å²) in [6.07, 6.45) is 21.4. The van der Waals surface area contributed by atoms with E-state index in [9.17, 15) is 0 Å². The summed E-state index contributed by atoms with van der Waals surface area (Å²) in [4.78, 5) is 0. The maximum Gasteiger partial charge on any atom is 0.0739 e. The maximum absolute atomic E-state index is 6.02. The van der Waals surface area contributed by atoms with Crippen molar-refractivity contribution in [2.24, 2.45) is 0 Å². The molecule has 1 aliphatic heterocycles. The molecule has 1 heterocycles. The van der Waals surface area contributed by atoms with Crippen molar-refractivity contribution in [3.05, 3.63) is 0 Å². The molecule has 1 rings (SSSR count). The van der Waals surface area contributed by atoms with Gasteiger partial charge in [0.15, 0.2) is 0 Å². The van der Waals surface area contributed by atoms with Crippen LogP contribution in [0.4, 0.5) is 0 Å². The number of nitrogens with one attached hydrogen (secondary N) is 1. The predicted molar refractivity (Wildman–Crippen MR) is 114 cm³/mol. The Morgan fingerprint density at radius 2 is 1.42 bits per heavy atom. The first-order valence-electron chi connectivity index (χ1n) is 10.6. The molecule has 0 spiro atoms. The number of hydrogen-bond donors (Lipinski definition) is 1. The maximum atomic E-state index is 6.02. The first kappa shape index (κ1) is 22.9. The molecule has 24 heavy (non-hydrogen) atoms. The minimum absolute atomic E-state index is 0.441. The van der Waals surface area contributed by atoms with Crippen molar-refractivity contribution in [2.75, 3.05) is 13.1 Å². The lowest BCUT2D eigenvalue weighted by atomic mass is 10.0. The molecule has 1 N–H and O–H groups in total. The van der Waals surface area contributed by atoms with Gasteiger partial charge < -0.3 is 9.84 Å². The van der Waals surface area contributed by atoms with Crippen molar-refractivity contribution in [1.82, 2.24) is 5.32 Å². The fraction of sp³-hybridized carbons (Fsp3) is 1.00. The van der Waals surface area contributed by atoms with Gasteiger partial charge in [0.1, 0.15) is 0 Å². The van der Waals surface area contributed by atoms with Crippen LogP contribution in [0.2, 0.25) is 0 Å². The van der Waals surface area contributed by atoms with E-state index in [2.05, 4.69) is 28.2 Å². The largest absolute Gasteiger partial charge is 0.357 e. The minimum Gasteiger partial charge on any atom is -0.357 e. The van der Waals surface area contributed by atoms with E-state index in [-0.39, 0.29) is 0 Å². The van der Waals surface area contributed by atoms with Crippen LogP contribution >= 0.6 is 24.7 Å². The van der Waals surface area contributed by atoms with Crippen LogP contribution in [-0.4, -0.2) is 23.8 Å². The molecule has 0 aromatic rings. The first-order chi connectivity index (χ1) is 11.8. The Bertz CT molecular complexity index is 268. The number of unbranched alkanes of at least 4 members (excludes halogenated alkanes) is 12. The molecular weight excluding hydrogens is 381 g/mol. The van der Waals surface area contributed by atoms with Crippen molar-refractivity contribution in [1.29, 1.82) is 0 Å². The van der Waals surface area contributed by atoms with E-state index >= 15 is 0 Å². The summed E-state index contributed by atoms with van der Waals surface area (Å²) in [6.45, 7) is 4.47. The van der Waals surface area contributed by atoms with Crippen LogP contribution in [0, 0.1) is 0 Å². The van der Waals surface area contributed by atoms with Gasteiger partial charge in [-0.25, -0.2) is 0 Å². The Morgan fingerprint density at radius 1 is 0.875 bits per heavy atom. The van der Waals surface area contributed by atoms with E-state index in [1.165, 1.54) is 96.3 Å². The van der Waals surface area contributed by atoms with Gasteiger partial charge in [0.05, 0.1) is 10.7 Å². The lowest BCUT2D eigenvalue weighted by Crippen LogP contribution is -2.31. The average molecular weight is 422 g/mol. The molecule has 0 aromatic carbocycles. The highest BCUT2D eigenvalue weighted by Gasteiger charge is 2.15. The van der Waals surface area contributed by atoms with Gasteiger partial charge in [0.25, 0.3) is 0 Å². The van der Waals surface area contributed by atoms with E-state index in [0.717, 1.165) is 13.1 Å². The quantitative estimate of drug-likeness (QED) is 0.182. The molecule has 144 valence electrons. The van der Waals surface area contributed by atoms with Gasteiger partial charge in [0, 0.05) is 15.4 Å². The Hall–Kier alpha value is 0.830. The second-order valence-electron chi connectivity index (χ2n) is 7.35. The Kier molecular flexibility index (Phi) is 16.4. The van der Waals surface area contributed by atoms with E-state index in [4.69, 9.17) is 4.52 Å². The van der Waals surface area contributed by atoms with Gasteiger partial charge in [-0.05, 0) is 19.4 Å². The summed E-state index contributed by atoms with van der Waals surface area (Å²) in [5.74, 6) is 0. The molecule has 0 aliphatic carbocycles. The van der Waals surface area contributed by atoms with Crippen molar-refractivity contribution >= 4 is 24.7 Å². The highest BCUT2D eigenvalue weighted by Crippen LogP contribution is 2.32. The summed E-state index contributed by atoms with van der Waals surface area (Å²) >= 11 is 3.69. The zero-order valence-corrected chi connectivity index (χ0v) is 18.5. The van der Waals surface area contributed by atoms with E-state index in [0.29, 0.717) is 19.5 Å². The van der Waals surface area contributed by atoms with Gasteiger partial charge in [-0.1, -0.05) is 106 Å². The van der Waals surface area contributed by atoms with Gasteiger partial charge in [-0.3, -0.25) is 0 Å². The van der Waals surface area contributed by atoms with Gasteiger partial charge in [-0.2, -0.15) is 0 Å². The standard InChI is InChI=1S/C20H41BrNOP/c1-2-3-4-5-6-7-8-9-10-11-12-13-14-15-19-18-22-17-16-20(21)24-23-19/h19-20,22,24H,2-18H2,1H3. The summed E-state index contributed by atoms with van der Waals surface area (Å²) in [5.41, 5.74) is 0. The molecule has 2 nitrogen and oxygen atoms in total. The highest BCUT2D eigenvalue weighted by atomic mass is 79.9. The van der Waals surface area contributed by atoms with Crippen molar-refractivity contribution in [2.45, 2.75) is 114 Å². The molecule has 0 amide bonds. The second kappa shape index (κ2) is 17.3. The smallest absolute Gasteiger partial charge is 0.0739 e. The van der Waals surface area contributed by atoms with Gasteiger partial charge in [-0.15, -0.1) is 0 Å².